The first kappa shape index (κ1) is 10.5. The average Bonchev–Trinajstić information content (AvgIpc) is 2.71. The zero-order chi connectivity index (χ0) is 11.0. The van der Waals surface area contributed by atoms with E-state index in [-0.39, 0.29) is 0 Å². The quantitative estimate of drug-likeness (QED) is 0.845. The molecular formula is C12H14O2S. The largest absolute Gasteiger partial charge is 0.466 e. The molecule has 0 spiro atoms. The van der Waals surface area contributed by atoms with Gasteiger partial charge in [-0.3, -0.25) is 0 Å². The summed E-state index contributed by atoms with van der Waals surface area (Å²) in [5.74, 6) is 1.64. The van der Waals surface area contributed by atoms with Crippen LogP contribution in [-0.2, 0) is 0 Å². The Balaban J connectivity index is 2.35. The van der Waals surface area contributed by atoms with Crippen molar-refractivity contribution in [3.8, 4) is 0 Å². The van der Waals surface area contributed by atoms with E-state index >= 15 is 0 Å². The third-order valence-electron chi connectivity index (χ3n) is 2.44. The zero-order valence-corrected chi connectivity index (χ0v) is 9.89. The lowest BCUT2D eigenvalue weighted by Crippen LogP contribution is -1.97. The van der Waals surface area contributed by atoms with Gasteiger partial charge in [-0.25, -0.2) is 0 Å². The first-order valence-corrected chi connectivity index (χ1v) is 5.76. The van der Waals surface area contributed by atoms with Gasteiger partial charge < -0.3 is 9.52 Å². The normalized spacial score (nSPS) is 13.1. The number of rotatable bonds is 2. The summed E-state index contributed by atoms with van der Waals surface area (Å²) in [5.41, 5.74) is 1.81. The van der Waals surface area contributed by atoms with Crippen LogP contribution in [0.25, 0.3) is 0 Å². The predicted octanol–water partition coefficient (Wildman–Crippen LogP) is 3.35. The number of aryl methyl sites for hydroxylation is 3. The maximum absolute atomic E-state index is 10.1. The molecule has 0 aliphatic carbocycles. The lowest BCUT2D eigenvalue weighted by atomic mass is 10.0. The second-order valence-corrected chi connectivity index (χ2v) is 4.88. The van der Waals surface area contributed by atoms with Crippen molar-refractivity contribution in [2.24, 2.45) is 0 Å². The van der Waals surface area contributed by atoms with Crippen LogP contribution < -0.4 is 0 Å². The van der Waals surface area contributed by atoms with E-state index in [2.05, 4.69) is 0 Å². The van der Waals surface area contributed by atoms with Gasteiger partial charge in [0, 0.05) is 10.4 Å². The minimum Gasteiger partial charge on any atom is -0.466 e. The van der Waals surface area contributed by atoms with Crippen molar-refractivity contribution < 1.29 is 9.52 Å². The van der Waals surface area contributed by atoms with Crippen LogP contribution in [0, 0.1) is 20.8 Å². The summed E-state index contributed by atoms with van der Waals surface area (Å²) in [7, 11) is 0. The predicted molar refractivity (Wildman–Crippen MR) is 61.3 cm³/mol. The number of thiophene rings is 1. The van der Waals surface area contributed by atoms with E-state index in [4.69, 9.17) is 4.42 Å². The summed E-state index contributed by atoms with van der Waals surface area (Å²) in [6.45, 7) is 5.81. The summed E-state index contributed by atoms with van der Waals surface area (Å²) in [6, 6.07) is 3.91. The smallest absolute Gasteiger partial charge is 0.108 e. The Morgan fingerprint density at radius 3 is 2.47 bits per heavy atom. The Hall–Kier alpha value is -1.06. The van der Waals surface area contributed by atoms with Crippen LogP contribution in [0.2, 0.25) is 0 Å². The van der Waals surface area contributed by atoms with Crippen LogP contribution in [0.5, 0.6) is 0 Å². The lowest BCUT2D eigenvalue weighted by molar-refractivity contribution is 0.218. The highest BCUT2D eigenvalue weighted by Crippen LogP contribution is 2.29. The molecule has 3 heteroatoms. The van der Waals surface area contributed by atoms with Crippen molar-refractivity contribution in [2.45, 2.75) is 26.9 Å². The van der Waals surface area contributed by atoms with Crippen molar-refractivity contribution in [1.29, 1.82) is 0 Å². The fourth-order valence-corrected chi connectivity index (χ4v) is 2.43. The number of aliphatic hydroxyl groups excluding tert-OH is 1. The van der Waals surface area contributed by atoms with Crippen molar-refractivity contribution >= 4 is 11.3 Å². The number of hydrogen-bond donors (Lipinski definition) is 1. The SMILES string of the molecule is Cc1cc(C(O)c2csc(C)c2)c(C)o1. The molecule has 80 valence electrons. The van der Waals surface area contributed by atoms with Crippen molar-refractivity contribution in [3.63, 3.8) is 0 Å². The van der Waals surface area contributed by atoms with Crippen LogP contribution in [0.3, 0.4) is 0 Å². The fraction of sp³-hybridized carbons (Fsp3) is 0.333. The number of furan rings is 1. The minimum absolute atomic E-state index is 0.563. The van der Waals surface area contributed by atoms with Crippen LogP contribution >= 0.6 is 11.3 Å². The second-order valence-electron chi connectivity index (χ2n) is 3.76. The average molecular weight is 222 g/mol. The van der Waals surface area contributed by atoms with Gasteiger partial charge in [-0.15, -0.1) is 11.3 Å². The van der Waals surface area contributed by atoms with Crippen molar-refractivity contribution in [1.82, 2.24) is 0 Å². The minimum atomic E-state index is -0.563. The summed E-state index contributed by atoms with van der Waals surface area (Å²) in [4.78, 5) is 1.21. The van der Waals surface area contributed by atoms with Crippen LogP contribution in [0.1, 0.15) is 33.6 Å². The van der Waals surface area contributed by atoms with E-state index < -0.39 is 6.10 Å². The highest BCUT2D eigenvalue weighted by Gasteiger charge is 2.17. The lowest BCUT2D eigenvalue weighted by Gasteiger charge is -2.06. The molecule has 2 aromatic rings. The summed E-state index contributed by atoms with van der Waals surface area (Å²) < 4.78 is 5.41. The van der Waals surface area contributed by atoms with Gasteiger partial charge in [0.05, 0.1) is 0 Å². The third kappa shape index (κ3) is 1.98. The molecule has 0 fully saturated rings. The van der Waals surface area contributed by atoms with E-state index in [1.807, 2.05) is 38.3 Å². The van der Waals surface area contributed by atoms with E-state index in [0.717, 1.165) is 22.6 Å². The molecule has 0 aliphatic heterocycles. The van der Waals surface area contributed by atoms with E-state index in [1.165, 1.54) is 4.88 Å². The standard InChI is InChI=1S/C12H14O2S/c1-7-4-11(9(3)14-7)12(13)10-5-8(2)15-6-10/h4-6,12-13H,1-3H3. The van der Waals surface area contributed by atoms with Gasteiger partial charge >= 0.3 is 0 Å². The van der Waals surface area contributed by atoms with Crippen LogP contribution in [-0.4, -0.2) is 5.11 Å². The molecule has 0 saturated carbocycles. The third-order valence-corrected chi connectivity index (χ3v) is 3.32. The summed E-state index contributed by atoms with van der Waals surface area (Å²) in [6.07, 6.45) is -0.563. The molecule has 0 aromatic carbocycles. The molecule has 0 saturated heterocycles. The monoisotopic (exact) mass is 222 g/mol. The molecule has 1 N–H and O–H groups in total. The van der Waals surface area contributed by atoms with Crippen molar-refractivity contribution in [2.75, 3.05) is 0 Å². The van der Waals surface area contributed by atoms with Gasteiger partial charge in [0.1, 0.15) is 17.6 Å². The Kier molecular flexibility index (Phi) is 2.67. The maximum atomic E-state index is 10.1. The summed E-state index contributed by atoms with van der Waals surface area (Å²) >= 11 is 1.65. The fourth-order valence-electron chi connectivity index (χ4n) is 1.71. The van der Waals surface area contributed by atoms with Gasteiger partial charge in [-0.05, 0) is 43.8 Å². The molecule has 2 aromatic heterocycles. The highest BCUT2D eigenvalue weighted by molar-refractivity contribution is 7.10. The topological polar surface area (TPSA) is 33.4 Å². The molecule has 2 nitrogen and oxygen atoms in total. The Morgan fingerprint density at radius 1 is 1.27 bits per heavy atom. The molecule has 0 amide bonds. The molecule has 2 rings (SSSR count). The molecular weight excluding hydrogens is 208 g/mol. The molecule has 1 unspecified atom stereocenters. The van der Waals surface area contributed by atoms with Gasteiger partial charge in [-0.2, -0.15) is 0 Å². The van der Waals surface area contributed by atoms with Crippen LogP contribution in [0.15, 0.2) is 21.9 Å². The number of hydrogen-bond acceptors (Lipinski definition) is 3. The van der Waals surface area contributed by atoms with E-state index in [0.29, 0.717) is 0 Å². The van der Waals surface area contributed by atoms with Gasteiger partial charge in [0.25, 0.3) is 0 Å². The Morgan fingerprint density at radius 2 is 2.00 bits per heavy atom. The Bertz CT molecular complexity index is 468. The Labute approximate surface area is 93.2 Å². The zero-order valence-electron chi connectivity index (χ0n) is 9.07. The summed E-state index contributed by atoms with van der Waals surface area (Å²) in [5, 5.41) is 12.1. The molecule has 15 heavy (non-hydrogen) atoms. The first-order valence-electron chi connectivity index (χ1n) is 4.88. The molecule has 2 heterocycles. The molecule has 1 atom stereocenters. The van der Waals surface area contributed by atoms with E-state index in [1.54, 1.807) is 11.3 Å². The number of aliphatic hydroxyl groups is 1. The second kappa shape index (κ2) is 3.83. The van der Waals surface area contributed by atoms with Crippen LogP contribution in [0.4, 0.5) is 0 Å². The van der Waals surface area contributed by atoms with Gasteiger partial charge in [0.15, 0.2) is 0 Å². The molecule has 0 bridgehead atoms. The van der Waals surface area contributed by atoms with E-state index in [9.17, 15) is 5.11 Å². The highest BCUT2D eigenvalue weighted by atomic mass is 32.1. The van der Waals surface area contributed by atoms with Gasteiger partial charge in [0.2, 0.25) is 0 Å². The van der Waals surface area contributed by atoms with Gasteiger partial charge in [-0.1, -0.05) is 0 Å². The molecule has 0 radical (unpaired) electrons. The molecule has 0 aliphatic rings. The first-order chi connectivity index (χ1) is 7.08. The van der Waals surface area contributed by atoms with Crippen molar-refractivity contribution in [3.05, 3.63) is 45.0 Å². The maximum Gasteiger partial charge on any atom is 0.108 e.